The second-order valence-corrected chi connectivity index (χ2v) is 9.79. The number of carbonyl (C=O) groups is 2. The van der Waals surface area contributed by atoms with E-state index in [0.29, 0.717) is 38.1 Å². The van der Waals surface area contributed by atoms with E-state index in [0.717, 1.165) is 47.5 Å². The molecule has 182 valence electrons. The number of hydrogen-bond donors (Lipinski definition) is 0. The molecule has 0 radical (unpaired) electrons. The molecule has 0 spiro atoms. The van der Waals surface area contributed by atoms with E-state index in [1.165, 1.54) is 12.8 Å². The molecule has 2 aliphatic heterocycles. The van der Waals surface area contributed by atoms with Crippen molar-refractivity contribution in [3.8, 4) is 0 Å². The van der Waals surface area contributed by atoms with Crippen LogP contribution in [0.5, 0.6) is 0 Å². The fourth-order valence-electron chi connectivity index (χ4n) is 4.47. The van der Waals surface area contributed by atoms with E-state index in [2.05, 4.69) is 17.9 Å². The largest absolute Gasteiger partial charge is 0.466 e. The number of aryl methyl sites for hydroxylation is 1. The number of hydrogen-bond acceptors (Lipinski definition) is 7. The summed E-state index contributed by atoms with van der Waals surface area (Å²) in [5, 5.41) is 0.811. The quantitative estimate of drug-likeness (QED) is 0.315. The number of aromatic nitrogens is 2. The lowest BCUT2D eigenvalue weighted by Gasteiger charge is -2.31. The molecule has 2 saturated heterocycles. The molecule has 1 aromatic heterocycles. The number of ether oxygens (including phenoxy) is 1. The van der Waals surface area contributed by atoms with Gasteiger partial charge in [0.15, 0.2) is 5.16 Å². The highest BCUT2D eigenvalue weighted by Gasteiger charge is 2.28. The van der Waals surface area contributed by atoms with E-state index >= 15 is 0 Å². The number of amides is 1. The van der Waals surface area contributed by atoms with Crippen molar-refractivity contribution in [2.24, 2.45) is 5.92 Å². The van der Waals surface area contributed by atoms with Gasteiger partial charge in [0.25, 0.3) is 5.91 Å². The highest BCUT2D eigenvalue weighted by atomic mass is 32.2. The van der Waals surface area contributed by atoms with Crippen LogP contribution in [0.2, 0.25) is 0 Å². The topological polar surface area (TPSA) is 75.6 Å². The molecule has 7 nitrogen and oxygen atoms in total. The Balaban J connectivity index is 1.32. The Morgan fingerprint density at radius 2 is 1.74 bits per heavy atom. The molecule has 8 heteroatoms. The summed E-state index contributed by atoms with van der Waals surface area (Å²) < 4.78 is 5.12. The second-order valence-electron chi connectivity index (χ2n) is 8.85. The molecule has 0 atom stereocenters. The average molecular weight is 483 g/mol. The van der Waals surface area contributed by atoms with E-state index in [-0.39, 0.29) is 17.8 Å². The summed E-state index contributed by atoms with van der Waals surface area (Å²) in [5.41, 5.74) is 2.90. The van der Waals surface area contributed by atoms with Gasteiger partial charge in [-0.2, -0.15) is 0 Å². The van der Waals surface area contributed by atoms with Crippen LogP contribution >= 0.6 is 11.8 Å². The third-order valence-corrected chi connectivity index (χ3v) is 7.43. The predicted octanol–water partition coefficient (Wildman–Crippen LogP) is 4.35. The summed E-state index contributed by atoms with van der Waals surface area (Å²) in [6.45, 7) is 7.66. The highest BCUT2D eigenvalue weighted by Crippen LogP contribution is 2.26. The lowest BCUT2D eigenvalue weighted by atomic mass is 9.96. The van der Waals surface area contributed by atoms with Gasteiger partial charge in [0, 0.05) is 49.3 Å². The summed E-state index contributed by atoms with van der Waals surface area (Å²) in [6, 6.07) is 9.93. The average Bonchev–Trinajstić information content (AvgIpc) is 3.43. The van der Waals surface area contributed by atoms with Crippen LogP contribution in [0.25, 0.3) is 0 Å². The number of rotatable bonds is 8. The number of esters is 1. The number of piperidine rings is 1. The Kier molecular flexibility index (Phi) is 8.43. The van der Waals surface area contributed by atoms with Crippen LogP contribution in [0.1, 0.15) is 61.1 Å². The van der Waals surface area contributed by atoms with Crippen LogP contribution in [0.3, 0.4) is 0 Å². The molecule has 0 N–H and O–H groups in total. The van der Waals surface area contributed by atoms with Crippen LogP contribution in [0, 0.1) is 5.92 Å². The minimum absolute atomic E-state index is 0.0238. The molecule has 34 heavy (non-hydrogen) atoms. The molecular weight excluding hydrogens is 448 g/mol. The maximum atomic E-state index is 12.9. The molecule has 2 fully saturated rings. The van der Waals surface area contributed by atoms with E-state index < -0.39 is 0 Å². The van der Waals surface area contributed by atoms with Gasteiger partial charge in [-0.15, -0.1) is 0 Å². The van der Waals surface area contributed by atoms with Crippen molar-refractivity contribution < 1.29 is 14.3 Å². The summed E-state index contributed by atoms with van der Waals surface area (Å²) in [7, 11) is 0. The van der Waals surface area contributed by atoms with Crippen molar-refractivity contribution in [1.29, 1.82) is 0 Å². The normalized spacial score (nSPS) is 16.6. The molecule has 2 aromatic rings. The Morgan fingerprint density at radius 3 is 2.38 bits per heavy atom. The Labute approximate surface area is 206 Å². The highest BCUT2D eigenvalue weighted by molar-refractivity contribution is 7.98. The number of benzene rings is 1. The summed E-state index contributed by atoms with van der Waals surface area (Å²) in [5.74, 6) is 1.59. The summed E-state index contributed by atoms with van der Waals surface area (Å²) in [6.07, 6.45) is 4.67. The fourth-order valence-corrected chi connectivity index (χ4v) is 5.29. The number of nitrogens with zero attached hydrogens (tertiary/aromatic N) is 4. The van der Waals surface area contributed by atoms with Crippen LogP contribution < -0.4 is 4.90 Å². The Morgan fingerprint density at radius 1 is 1.03 bits per heavy atom. The summed E-state index contributed by atoms with van der Waals surface area (Å²) in [4.78, 5) is 38.5. The first-order valence-electron chi connectivity index (χ1n) is 12.4. The van der Waals surface area contributed by atoms with Crippen molar-refractivity contribution in [3.05, 3.63) is 47.2 Å². The lowest BCUT2D eigenvalue weighted by Crippen LogP contribution is -2.40. The molecule has 3 heterocycles. The molecule has 0 aliphatic carbocycles. The van der Waals surface area contributed by atoms with Gasteiger partial charge >= 0.3 is 5.97 Å². The number of anilines is 1. The van der Waals surface area contributed by atoms with Gasteiger partial charge in [-0.25, -0.2) is 9.97 Å². The number of carbonyl (C=O) groups excluding carboxylic acids is 2. The maximum absolute atomic E-state index is 12.9. The fraction of sp³-hybridized carbons (Fsp3) is 0.538. The third-order valence-electron chi connectivity index (χ3n) is 6.51. The van der Waals surface area contributed by atoms with Crippen molar-refractivity contribution in [2.75, 3.05) is 37.7 Å². The van der Waals surface area contributed by atoms with E-state index in [4.69, 9.17) is 14.7 Å². The first kappa shape index (κ1) is 24.5. The van der Waals surface area contributed by atoms with Gasteiger partial charge < -0.3 is 14.5 Å². The summed E-state index contributed by atoms with van der Waals surface area (Å²) >= 11 is 1.64. The predicted molar refractivity (Wildman–Crippen MR) is 134 cm³/mol. The molecule has 0 unspecified atom stereocenters. The molecule has 1 amide bonds. The van der Waals surface area contributed by atoms with Gasteiger partial charge in [0.05, 0.1) is 12.5 Å². The lowest BCUT2D eigenvalue weighted by molar-refractivity contribution is -0.149. The van der Waals surface area contributed by atoms with Gasteiger partial charge in [-0.1, -0.05) is 30.8 Å². The SMILES string of the molecule is CCOC(=O)C1CCN(C(=O)c2ccc(CSc3nc(CC)cc(N4CCCC4)n3)cc2)CC1. The zero-order chi connectivity index (χ0) is 23.9. The van der Waals surface area contributed by atoms with Crippen molar-refractivity contribution in [1.82, 2.24) is 14.9 Å². The molecule has 0 saturated carbocycles. The van der Waals surface area contributed by atoms with Gasteiger partial charge in [0.1, 0.15) is 5.82 Å². The second kappa shape index (κ2) is 11.7. The standard InChI is InChI=1S/C26H34N4O3S/c1-3-22-17-23(29-13-5-6-14-29)28-26(27-22)34-18-19-7-9-20(10-8-19)24(31)30-15-11-21(12-16-30)25(32)33-4-2/h7-10,17,21H,3-6,11-16,18H2,1-2H3. The molecule has 1 aromatic carbocycles. The number of thioether (sulfide) groups is 1. The Hall–Kier alpha value is -2.61. The minimum Gasteiger partial charge on any atom is -0.466 e. The van der Waals surface area contributed by atoms with Crippen molar-refractivity contribution >= 4 is 29.5 Å². The molecular formula is C26H34N4O3S. The molecule has 0 bridgehead atoms. The molecule has 4 rings (SSSR count). The monoisotopic (exact) mass is 482 g/mol. The van der Waals surface area contributed by atoms with Crippen LogP contribution in [-0.4, -0.2) is 59.5 Å². The zero-order valence-corrected chi connectivity index (χ0v) is 21.0. The smallest absolute Gasteiger partial charge is 0.309 e. The molecule has 2 aliphatic rings. The van der Waals surface area contributed by atoms with Gasteiger partial charge in [-0.05, 0) is 56.7 Å². The van der Waals surface area contributed by atoms with E-state index in [1.54, 1.807) is 11.8 Å². The van der Waals surface area contributed by atoms with Gasteiger partial charge in [-0.3, -0.25) is 9.59 Å². The van der Waals surface area contributed by atoms with E-state index in [1.807, 2.05) is 36.1 Å². The first-order chi connectivity index (χ1) is 16.6. The van der Waals surface area contributed by atoms with Gasteiger partial charge in [0.2, 0.25) is 0 Å². The minimum atomic E-state index is -0.141. The van der Waals surface area contributed by atoms with Crippen molar-refractivity contribution in [2.45, 2.75) is 56.9 Å². The zero-order valence-electron chi connectivity index (χ0n) is 20.2. The maximum Gasteiger partial charge on any atom is 0.309 e. The van der Waals surface area contributed by atoms with Crippen LogP contribution in [-0.2, 0) is 21.7 Å². The van der Waals surface area contributed by atoms with Crippen LogP contribution in [0.4, 0.5) is 5.82 Å². The third kappa shape index (κ3) is 6.09. The van der Waals surface area contributed by atoms with Crippen molar-refractivity contribution in [3.63, 3.8) is 0 Å². The number of likely N-dealkylation sites (tertiary alicyclic amines) is 1. The van der Waals surface area contributed by atoms with E-state index in [9.17, 15) is 9.59 Å². The Bertz CT molecular complexity index is 984. The van der Waals surface area contributed by atoms with Crippen LogP contribution in [0.15, 0.2) is 35.5 Å². The first-order valence-corrected chi connectivity index (χ1v) is 13.4.